The average Bonchev–Trinajstić information content (AvgIpc) is 2.83. The molecule has 0 spiro atoms. The molecule has 0 aliphatic carbocycles. The molecule has 0 heterocycles. The summed E-state index contributed by atoms with van der Waals surface area (Å²) in [6.07, 6.45) is -3.79. The molecule has 6 heteroatoms. The number of rotatable bonds is 5. The Morgan fingerprint density at radius 1 is 0.588 bits per heavy atom. The van der Waals surface area contributed by atoms with Crippen molar-refractivity contribution in [2.24, 2.45) is 0 Å². The van der Waals surface area contributed by atoms with E-state index in [0.717, 1.165) is 29.3 Å². The lowest BCUT2D eigenvalue weighted by atomic mass is 9.98. The maximum absolute atomic E-state index is 14.8. The molecule has 0 aliphatic rings. The van der Waals surface area contributed by atoms with Crippen molar-refractivity contribution in [3.63, 3.8) is 0 Å². The molecule has 4 rings (SSSR count). The van der Waals surface area contributed by atoms with Crippen molar-refractivity contribution in [3.8, 4) is 28.0 Å². The third-order valence-electron chi connectivity index (χ3n) is 5.02. The van der Waals surface area contributed by atoms with Crippen molar-refractivity contribution in [1.29, 1.82) is 0 Å². The second-order valence-corrected chi connectivity index (χ2v) is 7.33. The fraction of sp³-hybridized carbons (Fsp3) is 0.143. The van der Waals surface area contributed by atoms with Gasteiger partial charge in [-0.25, -0.2) is 13.2 Å². The number of ether oxygens (including phenoxy) is 1. The first-order valence-corrected chi connectivity index (χ1v) is 10.7. The molecule has 4 aromatic rings. The van der Waals surface area contributed by atoms with E-state index in [0.29, 0.717) is 23.3 Å². The molecular formula is C28H23F5O. The standard InChI is InChI=1S/C26H17F5O.C2H6/c1-16-2-4-17(5-3-16)19-8-12-22(24(28)14-19)18-6-9-20(10-7-18)26(30,31)32-21-11-13-23(27)25(29)15-21;1-2/h2-15H,1H3;1-2H3. The zero-order valence-corrected chi connectivity index (χ0v) is 18.9. The highest BCUT2D eigenvalue weighted by Gasteiger charge is 2.34. The van der Waals surface area contributed by atoms with Gasteiger partial charge in [0.15, 0.2) is 11.6 Å². The molecule has 0 radical (unpaired) electrons. The number of halogens is 5. The van der Waals surface area contributed by atoms with Crippen LogP contribution in [0.5, 0.6) is 5.75 Å². The molecule has 0 saturated heterocycles. The lowest BCUT2D eigenvalue weighted by Crippen LogP contribution is -2.21. The highest BCUT2D eigenvalue weighted by Crippen LogP contribution is 2.34. The van der Waals surface area contributed by atoms with E-state index >= 15 is 0 Å². The van der Waals surface area contributed by atoms with E-state index in [2.05, 4.69) is 4.74 Å². The van der Waals surface area contributed by atoms with Crippen LogP contribution in [-0.4, -0.2) is 0 Å². The molecule has 0 amide bonds. The number of benzene rings is 4. The lowest BCUT2D eigenvalue weighted by molar-refractivity contribution is -0.185. The summed E-state index contributed by atoms with van der Waals surface area (Å²) in [5.41, 5.74) is 2.82. The second-order valence-electron chi connectivity index (χ2n) is 7.33. The molecule has 0 saturated carbocycles. The van der Waals surface area contributed by atoms with Crippen molar-refractivity contribution in [2.45, 2.75) is 26.9 Å². The number of hydrogen-bond acceptors (Lipinski definition) is 1. The van der Waals surface area contributed by atoms with Crippen LogP contribution in [0.1, 0.15) is 25.0 Å². The Labute approximate surface area is 195 Å². The molecular weight excluding hydrogens is 447 g/mol. The van der Waals surface area contributed by atoms with Crippen LogP contribution in [0.4, 0.5) is 22.0 Å². The highest BCUT2D eigenvalue weighted by atomic mass is 19.3. The van der Waals surface area contributed by atoms with Crippen molar-refractivity contribution < 1.29 is 26.7 Å². The molecule has 0 unspecified atom stereocenters. The van der Waals surface area contributed by atoms with Crippen LogP contribution in [0, 0.1) is 24.4 Å². The first-order chi connectivity index (χ1) is 16.2. The first-order valence-electron chi connectivity index (χ1n) is 10.7. The molecule has 1 nitrogen and oxygen atoms in total. The smallest absolute Gasteiger partial charge is 0.426 e. The fourth-order valence-corrected chi connectivity index (χ4v) is 3.27. The largest absolute Gasteiger partial charge is 0.429 e. The third kappa shape index (κ3) is 5.63. The summed E-state index contributed by atoms with van der Waals surface area (Å²) in [5, 5.41) is 0. The zero-order chi connectivity index (χ0) is 24.9. The summed E-state index contributed by atoms with van der Waals surface area (Å²) in [7, 11) is 0. The molecule has 0 bridgehead atoms. The van der Waals surface area contributed by atoms with Gasteiger partial charge in [0.25, 0.3) is 0 Å². The average molecular weight is 470 g/mol. The van der Waals surface area contributed by atoms with Gasteiger partial charge in [0.2, 0.25) is 0 Å². The van der Waals surface area contributed by atoms with E-state index in [-0.39, 0.29) is 5.56 Å². The highest BCUT2D eigenvalue weighted by molar-refractivity contribution is 5.71. The molecule has 0 N–H and O–H groups in total. The Bertz CT molecular complexity index is 1250. The van der Waals surface area contributed by atoms with Crippen LogP contribution in [0.2, 0.25) is 0 Å². The molecule has 0 aromatic heterocycles. The summed E-state index contributed by atoms with van der Waals surface area (Å²) in [6.45, 7) is 5.96. The van der Waals surface area contributed by atoms with Crippen LogP contribution in [0.25, 0.3) is 22.3 Å². The number of alkyl halides is 2. The Morgan fingerprint density at radius 3 is 1.76 bits per heavy atom. The second kappa shape index (κ2) is 10.5. The van der Waals surface area contributed by atoms with Gasteiger partial charge in [0, 0.05) is 11.6 Å². The minimum absolute atomic E-state index is 0.261. The molecule has 34 heavy (non-hydrogen) atoms. The van der Waals surface area contributed by atoms with Crippen LogP contribution in [0.3, 0.4) is 0 Å². The summed E-state index contributed by atoms with van der Waals surface area (Å²) >= 11 is 0. The van der Waals surface area contributed by atoms with Gasteiger partial charge in [-0.05, 0) is 53.9 Å². The Kier molecular flexibility index (Phi) is 7.72. The topological polar surface area (TPSA) is 9.23 Å². The fourth-order valence-electron chi connectivity index (χ4n) is 3.27. The molecule has 0 aliphatic heterocycles. The number of aryl methyl sites for hydroxylation is 1. The van der Waals surface area contributed by atoms with Gasteiger partial charge >= 0.3 is 6.11 Å². The van der Waals surface area contributed by atoms with Crippen molar-refractivity contribution in [2.75, 3.05) is 0 Å². The predicted molar refractivity (Wildman–Crippen MR) is 124 cm³/mol. The minimum Gasteiger partial charge on any atom is -0.429 e. The first kappa shape index (κ1) is 25.0. The van der Waals surface area contributed by atoms with Crippen LogP contribution >= 0.6 is 0 Å². The summed E-state index contributed by atoms with van der Waals surface area (Å²) in [4.78, 5) is 0. The third-order valence-corrected chi connectivity index (χ3v) is 5.02. The SMILES string of the molecule is CC.Cc1ccc(-c2ccc(-c3ccc(C(F)(F)Oc4ccc(F)c(F)c4)cc3)c(F)c2)cc1. The van der Waals surface area contributed by atoms with Gasteiger partial charge in [0.05, 0.1) is 5.56 Å². The van der Waals surface area contributed by atoms with Gasteiger partial charge in [0.1, 0.15) is 11.6 Å². The Balaban J connectivity index is 0.00000158. The molecule has 4 aromatic carbocycles. The normalized spacial score (nSPS) is 10.9. The van der Waals surface area contributed by atoms with Crippen molar-refractivity contribution in [3.05, 3.63) is 114 Å². The zero-order valence-electron chi connectivity index (χ0n) is 18.9. The number of hydrogen-bond donors (Lipinski definition) is 0. The summed E-state index contributed by atoms with van der Waals surface area (Å²) in [5.74, 6) is -3.46. The van der Waals surface area contributed by atoms with Crippen LogP contribution in [0.15, 0.2) is 84.9 Å². The van der Waals surface area contributed by atoms with Gasteiger partial charge in [-0.2, -0.15) is 8.78 Å². The van der Waals surface area contributed by atoms with Crippen LogP contribution < -0.4 is 4.74 Å². The van der Waals surface area contributed by atoms with Gasteiger partial charge < -0.3 is 4.74 Å². The van der Waals surface area contributed by atoms with Gasteiger partial charge in [-0.1, -0.05) is 67.9 Å². The molecule has 176 valence electrons. The monoisotopic (exact) mass is 470 g/mol. The Hall–Kier alpha value is -3.67. The van der Waals surface area contributed by atoms with E-state index in [9.17, 15) is 22.0 Å². The van der Waals surface area contributed by atoms with E-state index in [4.69, 9.17) is 0 Å². The van der Waals surface area contributed by atoms with Crippen LogP contribution in [-0.2, 0) is 6.11 Å². The molecule has 0 fully saturated rings. The predicted octanol–water partition coefficient (Wildman–Crippen LogP) is 8.90. The van der Waals surface area contributed by atoms with Gasteiger partial charge in [-0.3, -0.25) is 0 Å². The van der Waals surface area contributed by atoms with Gasteiger partial charge in [-0.15, -0.1) is 0 Å². The minimum atomic E-state index is -3.79. The van der Waals surface area contributed by atoms with E-state index < -0.39 is 34.9 Å². The Morgan fingerprint density at radius 2 is 1.18 bits per heavy atom. The van der Waals surface area contributed by atoms with Crippen molar-refractivity contribution in [1.82, 2.24) is 0 Å². The summed E-state index contributed by atoms with van der Waals surface area (Å²) < 4.78 is 74.4. The van der Waals surface area contributed by atoms with E-state index in [1.807, 2.05) is 45.0 Å². The molecule has 0 atom stereocenters. The summed E-state index contributed by atoms with van der Waals surface area (Å²) in [6, 6.07) is 19.5. The lowest BCUT2D eigenvalue weighted by Gasteiger charge is -2.18. The maximum Gasteiger partial charge on any atom is 0.426 e. The van der Waals surface area contributed by atoms with Crippen molar-refractivity contribution >= 4 is 0 Å². The van der Waals surface area contributed by atoms with E-state index in [1.165, 1.54) is 18.2 Å². The maximum atomic E-state index is 14.8. The quantitative estimate of drug-likeness (QED) is 0.265. The van der Waals surface area contributed by atoms with E-state index in [1.54, 1.807) is 12.1 Å².